The van der Waals surface area contributed by atoms with E-state index in [1.165, 1.54) is 13.2 Å². The molecule has 0 aromatic heterocycles. The highest BCUT2D eigenvalue weighted by atomic mass is 35.5. The van der Waals surface area contributed by atoms with Crippen molar-refractivity contribution < 1.29 is 9.13 Å². The fraction of sp³-hybridized carbons (Fsp3) is 0.600. The van der Waals surface area contributed by atoms with Crippen molar-refractivity contribution in [2.24, 2.45) is 5.41 Å². The zero-order chi connectivity index (χ0) is 14.3. The van der Waals surface area contributed by atoms with E-state index in [-0.39, 0.29) is 11.2 Å². The molecule has 0 heterocycles. The van der Waals surface area contributed by atoms with Gasteiger partial charge in [0.15, 0.2) is 0 Å². The van der Waals surface area contributed by atoms with Gasteiger partial charge in [0.2, 0.25) is 0 Å². The molecule has 0 unspecified atom stereocenters. The van der Waals surface area contributed by atoms with E-state index in [1.54, 1.807) is 12.1 Å². The van der Waals surface area contributed by atoms with Gasteiger partial charge in [0.1, 0.15) is 11.6 Å². The molecule has 0 fully saturated rings. The summed E-state index contributed by atoms with van der Waals surface area (Å²) in [4.78, 5) is 0. The Kier molecular flexibility index (Phi) is 6.59. The van der Waals surface area contributed by atoms with Gasteiger partial charge in [0.25, 0.3) is 0 Å². The summed E-state index contributed by atoms with van der Waals surface area (Å²) in [7, 11) is 1.53. The second kappa shape index (κ2) is 7.71. The molecule has 0 saturated carbocycles. The number of ether oxygens (including phenoxy) is 1. The standard InChI is InChI=1S/C15H23ClFNO/c1-4-15(5-2,10-16)11-18-9-12-6-7-13(19-3)8-14(12)17/h6-8,18H,4-5,9-11H2,1-3H3. The van der Waals surface area contributed by atoms with Crippen molar-refractivity contribution >= 4 is 11.6 Å². The Morgan fingerprint density at radius 2 is 2.00 bits per heavy atom. The minimum absolute atomic E-state index is 0.102. The van der Waals surface area contributed by atoms with E-state index in [4.69, 9.17) is 16.3 Å². The van der Waals surface area contributed by atoms with Gasteiger partial charge >= 0.3 is 0 Å². The Balaban J connectivity index is 2.57. The van der Waals surface area contributed by atoms with Crippen LogP contribution in [0.15, 0.2) is 18.2 Å². The van der Waals surface area contributed by atoms with Crippen molar-refractivity contribution in [3.05, 3.63) is 29.6 Å². The van der Waals surface area contributed by atoms with Gasteiger partial charge in [0, 0.05) is 30.6 Å². The lowest BCUT2D eigenvalue weighted by Crippen LogP contribution is -2.34. The maximum absolute atomic E-state index is 13.8. The Hall–Kier alpha value is -0.800. The molecule has 0 radical (unpaired) electrons. The lowest BCUT2D eigenvalue weighted by molar-refractivity contribution is 0.285. The molecule has 0 amide bonds. The highest BCUT2D eigenvalue weighted by molar-refractivity contribution is 6.18. The molecule has 1 aromatic rings. The predicted molar refractivity (Wildman–Crippen MR) is 78.4 cm³/mol. The number of benzene rings is 1. The Morgan fingerprint density at radius 1 is 1.32 bits per heavy atom. The highest BCUT2D eigenvalue weighted by Gasteiger charge is 2.24. The Morgan fingerprint density at radius 3 is 2.47 bits per heavy atom. The molecule has 108 valence electrons. The second-order valence-corrected chi connectivity index (χ2v) is 5.17. The van der Waals surface area contributed by atoms with Crippen LogP contribution in [-0.4, -0.2) is 19.5 Å². The number of alkyl halides is 1. The average Bonchev–Trinajstić information content (AvgIpc) is 2.45. The van der Waals surface area contributed by atoms with Gasteiger partial charge in [0.05, 0.1) is 7.11 Å². The van der Waals surface area contributed by atoms with Gasteiger partial charge in [-0.3, -0.25) is 0 Å². The van der Waals surface area contributed by atoms with E-state index in [0.29, 0.717) is 23.7 Å². The van der Waals surface area contributed by atoms with Crippen LogP contribution in [-0.2, 0) is 6.54 Å². The predicted octanol–water partition coefficient (Wildman–Crippen LogP) is 3.97. The number of hydrogen-bond donors (Lipinski definition) is 1. The zero-order valence-electron chi connectivity index (χ0n) is 11.9. The van der Waals surface area contributed by atoms with E-state index in [9.17, 15) is 4.39 Å². The topological polar surface area (TPSA) is 21.3 Å². The van der Waals surface area contributed by atoms with Gasteiger partial charge < -0.3 is 10.1 Å². The number of nitrogens with one attached hydrogen (secondary N) is 1. The quantitative estimate of drug-likeness (QED) is 0.731. The van der Waals surface area contributed by atoms with E-state index >= 15 is 0 Å². The van der Waals surface area contributed by atoms with Crippen LogP contribution >= 0.6 is 11.6 Å². The Bertz CT molecular complexity index is 385. The maximum Gasteiger partial charge on any atom is 0.131 e. The summed E-state index contributed by atoms with van der Waals surface area (Å²) >= 11 is 6.05. The summed E-state index contributed by atoms with van der Waals surface area (Å²) < 4.78 is 18.7. The first kappa shape index (κ1) is 16.3. The largest absolute Gasteiger partial charge is 0.497 e. The molecule has 1 aromatic carbocycles. The SMILES string of the molecule is CCC(CC)(CCl)CNCc1ccc(OC)cc1F. The van der Waals surface area contributed by atoms with E-state index in [0.717, 1.165) is 19.4 Å². The van der Waals surface area contributed by atoms with E-state index in [1.807, 2.05) is 0 Å². The molecule has 0 spiro atoms. The number of methoxy groups -OCH3 is 1. The van der Waals surface area contributed by atoms with Crippen LogP contribution in [0.1, 0.15) is 32.3 Å². The Labute approximate surface area is 120 Å². The molecular formula is C15H23ClFNO. The first-order chi connectivity index (χ1) is 9.10. The third-order valence-electron chi connectivity index (χ3n) is 3.86. The van der Waals surface area contributed by atoms with Crippen LogP contribution in [0.25, 0.3) is 0 Å². The van der Waals surface area contributed by atoms with Crippen molar-refractivity contribution in [2.75, 3.05) is 19.5 Å². The van der Waals surface area contributed by atoms with Crippen LogP contribution in [0.5, 0.6) is 5.75 Å². The van der Waals surface area contributed by atoms with E-state index in [2.05, 4.69) is 19.2 Å². The molecule has 1 N–H and O–H groups in total. The smallest absolute Gasteiger partial charge is 0.131 e. The van der Waals surface area contributed by atoms with Gasteiger partial charge in [-0.15, -0.1) is 11.6 Å². The number of hydrogen-bond acceptors (Lipinski definition) is 2. The van der Waals surface area contributed by atoms with Gasteiger partial charge in [-0.25, -0.2) is 4.39 Å². The fourth-order valence-electron chi connectivity index (χ4n) is 2.00. The van der Waals surface area contributed by atoms with Crippen molar-refractivity contribution in [1.82, 2.24) is 5.32 Å². The molecule has 0 aliphatic carbocycles. The molecule has 2 nitrogen and oxygen atoms in total. The van der Waals surface area contributed by atoms with Crippen molar-refractivity contribution in [3.63, 3.8) is 0 Å². The number of halogens is 2. The lowest BCUT2D eigenvalue weighted by Gasteiger charge is -2.29. The van der Waals surface area contributed by atoms with Crippen LogP contribution < -0.4 is 10.1 Å². The molecule has 0 aliphatic rings. The third-order valence-corrected chi connectivity index (χ3v) is 4.43. The summed E-state index contributed by atoms with van der Waals surface area (Å²) in [6, 6.07) is 4.93. The summed E-state index contributed by atoms with van der Waals surface area (Å²) in [5.41, 5.74) is 0.751. The molecule has 0 atom stereocenters. The van der Waals surface area contributed by atoms with Gasteiger partial charge in [-0.05, 0) is 24.3 Å². The van der Waals surface area contributed by atoms with Crippen LogP contribution in [0.2, 0.25) is 0 Å². The zero-order valence-corrected chi connectivity index (χ0v) is 12.7. The first-order valence-corrected chi connectivity index (χ1v) is 7.23. The highest BCUT2D eigenvalue weighted by Crippen LogP contribution is 2.27. The normalized spacial score (nSPS) is 11.6. The summed E-state index contributed by atoms with van der Waals surface area (Å²) in [6.45, 7) is 5.59. The lowest BCUT2D eigenvalue weighted by atomic mass is 9.84. The minimum Gasteiger partial charge on any atom is -0.497 e. The second-order valence-electron chi connectivity index (χ2n) is 4.90. The van der Waals surface area contributed by atoms with Crippen molar-refractivity contribution in [2.45, 2.75) is 33.2 Å². The molecule has 19 heavy (non-hydrogen) atoms. The van der Waals surface area contributed by atoms with Crippen LogP contribution in [0, 0.1) is 11.2 Å². The van der Waals surface area contributed by atoms with Gasteiger partial charge in [-0.1, -0.05) is 19.9 Å². The molecule has 1 rings (SSSR count). The van der Waals surface area contributed by atoms with Crippen LogP contribution in [0.4, 0.5) is 4.39 Å². The summed E-state index contributed by atoms with van der Waals surface area (Å²) in [5.74, 6) is 0.924. The molecule has 4 heteroatoms. The van der Waals surface area contributed by atoms with Crippen LogP contribution in [0.3, 0.4) is 0 Å². The summed E-state index contributed by atoms with van der Waals surface area (Å²) in [5, 5.41) is 3.31. The molecule has 0 aliphatic heterocycles. The monoisotopic (exact) mass is 287 g/mol. The first-order valence-electron chi connectivity index (χ1n) is 6.70. The number of rotatable bonds is 8. The van der Waals surface area contributed by atoms with Crippen molar-refractivity contribution in [3.8, 4) is 5.75 Å². The minimum atomic E-state index is -0.240. The van der Waals surface area contributed by atoms with Crippen molar-refractivity contribution in [1.29, 1.82) is 0 Å². The maximum atomic E-state index is 13.8. The third kappa shape index (κ3) is 4.36. The molecule has 0 saturated heterocycles. The molecular weight excluding hydrogens is 265 g/mol. The average molecular weight is 288 g/mol. The fourth-order valence-corrected chi connectivity index (χ4v) is 2.47. The van der Waals surface area contributed by atoms with E-state index < -0.39 is 0 Å². The van der Waals surface area contributed by atoms with Gasteiger partial charge in [-0.2, -0.15) is 0 Å². The molecule has 0 bridgehead atoms. The summed E-state index contributed by atoms with van der Waals surface area (Å²) in [6.07, 6.45) is 2.04.